The van der Waals surface area contributed by atoms with Gasteiger partial charge in [-0.1, -0.05) is 0 Å². The number of nitrogens with zero attached hydrogens (tertiary/aromatic N) is 1. The maximum Gasteiger partial charge on any atom is 0.267 e. The minimum absolute atomic E-state index is 0.109. The van der Waals surface area contributed by atoms with Crippen LogP contribution < -0.4 is 16.4 Å². The van der Waals surface area contributed by atoms with Gasteiger partial charge in [0.25, 0.3) is 11.8 Å². The number of H-pyrrole nitrogens is 3. The number of fused-ring (bicyclic) bond motifs is 1. The normalized spacial score (nSPS) is 18.1. The first kappa shape index (κ1) is 20.7. The summed E-state index contributed by atoms with van der Waals surface area (Å²) in [6, 6.07) is 3.46. The number of nitrogens with one attached hydrogen (secondary N) is 5. The van der Waals surface area contributed by atoms with Gasteiger partial charge in [-0.05, 0) is 68.7 Å². The molecule has 1 aliphatic rings. The maximum absolute atomic E-state index is 12.4. The number of aromatic amines is 3. The number of aromatic nitrogens is 4. The lowest BCUT2D eigenvalue weighted by Gasteiger charge is -2.31. The molecular weight excluding hydrogens is 518 g/mol. The van der Waals surface area contributed by atoms with E-state index in [1.807, 2.05) is 0 Å². The number of carbonyl (C=O) groups is 2. The third kappa shape index (κ3) is 4.62. The molecule has 3 heterocycles. The first-order valence-electron chi connectivity index (χ1n) is 9.46. The topological polar surface area (TPSA) is 144 Å². The Balaban J connectivity index is 1.43. The Hall–Kier alpha value is -2.53. The largest absolute Gasteiger partial charge is 0.369 e. The molecule has 0 unspecified atom stereocenters. The van der Waals surface area contributed by atoms with Gasteiger partial charge in [0.15, 0.2) is 5.95 Å². The molecule has 0 fully saturated rings. The highest BCUT2D eigenvalue weighted by atomic mass is 79.9. The minimum atomic E-state index is -0.174. The van der Waals surface area contributed by atoms with Crippen LogP contribution in [0.25, 0.3) is 0 Å². The van der Waals surface area contributed by atoms with Gasteiger partial charge >= 0.3 is 0 Å². The van der Waals surface area contributed by atoms with Crippen molar-refractivity contribution in [3.8, 4) is 0 Å². The van der Waals surface area contributed by atoms with Crippen molar-refractivity contribution in [3.63, 3.8) is 0 Å². The van der Waals surface area contributed by atoms with E-state index in [2.05, 4.69) is 62.4 Å². The molecule has 0 spiro atoms. The van der Waals surface area contributed by atoms with Crippen LogP contribution in [-0.4, -0.2) is 44.8 Å². The third-order valence-corrected chi connectivity index (χ3v) is 6.22. The molecule has 30 heavy (non-hydrogen) atoms. The van der Waals surface area contributed by atoms with Gasteiger partial charge in [-0.3, -0.25) is 9.59 Å². The number of carbonyl (C=O) groups excluding carboxylic acids is 2. The van der Waals surface area contributed by atoms with Crippen LogP contribution >= 0.6 is 31.9 Å². The summed E-state index contributed by atoms with van der Waals surface area (Å²) in [5.41, 5.74) is 8.72. The molecule has 2 amide bonds. The Morgan fingerprint density at radius 3 is 2.03 bits per heavy atom. The summed E-state index contributed by atoms with van der Waals surface area (Å²) in [6.07, 6.45) is 4.80. The fourth-order valence-electron chi connectivity index (χ4n) is 3.76. The van der Waals surface area contributed by atoms with Gasteiger partial charge in [-0.15, -0.1) is 0 Å². The maximum atomic E-state index is 12.4. The lowest BCUT2D eigenvalue weighted by molar-refractivity contribution is 0.0911. The van der Waals surface area contributed by atoms with E-state index >= 15 is 0 Å². The second kappa shape index (κ2) is 8.68. The van der Waals surface area contributed by atoms with Crippen LogP contribution in [0.15, 0.2) is 33.5 Å². The van der Waals surface area contributed by atoms with Gasteiger partial charge in [0.05, 0.1) is 5.69 Å². The van der Waals surface area contributed by atoms with Crippen LogP contribution in [0.5, 0.6) is 0 Å². The molecule has 3 aromatic heterocycles. The van der Waals surface area contributed by atoms with Crippen molar-refractivity contribution in [2.24, 2.45) is 11.8 Å². The summed E-state index contributed by atoms with van der Waals surface area (Å²) in [7, 11) is 0. The lowest BCUT2D eigenvalue weighted by Crippen LogP contribution is -2.42. The summed E-state index contributed by atoms with van der Waals surface area (Å²) in [6.45, 7) is 0.943. The quantitative estimate of drug-likeness (QED) is 0.286. The molecule has 11 heteroatoms. The van der Waals surface area contributed by atoms with E-state index in [4.69, 9.17) is 5.73 Å². The lowest BCUT2D eigenvalue weighted by atomic mass is 9.79. The van der Waals surface area contributed by atoms with E-state index in [0.717, 1.165) is 20.3 Å². The van der Waals surface area contributed by atoms with Crippen LogP contribution in [-0.2, 0) is 12.8 Å². The molecule has 3 aromatic rings. The average Bonchev–Trinajstić information content (AvgIpc) is 3.42. The number of amides is 2. The van der Waals surface area contributed by atoms with E-state index < -0.39 is 0 Å². The Kier molecular flexibility index (Phi) is 6.00. The molecule has 7 N–H and O–H groups in total. The summed E-state index contributed by atoms with van der Waals surface area (Å²) in [5.74, 6) is 0.273. The van der Waals surface area contributed by atoms with E-state index in [-0.39, 0.29) is 23.7 Å². The molecule has 0 saturated carbocycles. The summed E-state index contributed by atoms with van der Waals surface area (Å²) in [5, 5.41) is 5.98. The highest BCUT2D eigenvalue weighted by molar-refractivity contribution is 9.10. The van der Waals surface area contributed by atoms with Crippen LogP contribution in [0, 0.1) is 11.8 Å². The highest BCUT2D eigenvalue weighted by Gasteiger charge is 2.31. The predicted molar refractivity (Wildman–Crippen MR) is 119 cm³/mol. The van der Waals surface area contributed by atoms with Gasteiger partial charge in [-0.2, -0.15) is 0 Å². The Bertz CT molecular complexity index is 989. The van der Waals surface area contributed by atoms with Gasteiger partial charge in [0, 0.05) is 40.1 Å². The number of imidazole rings is 1. The molecule has 9 nitrogen and oxygen atoms in total. The van der Waals surface area contributed by atoms with Crippen molar-refractivity contribution in [2.75, 3.05) is 18.8 Å². The van der Waals surface area contributed by atoms with E-state index in [0.29, 0.717) is 43.3 Å². The van der Waals surface area contributed by atoms with Gasteiger partial charge in [0.1, 0.15) is 11.4 Å². The number of anilines is 1. The molecule has 4 rings (SSSR count). The van der Waals surface area contributed by atoms with E-state index in [1.54, 1.807) is 24.5 Å². The van der Waals surface area contributed by atoms with Crippen molar-refractivity contribution in [1.29, 1.82) is 0 Å². The fourth-order valence-corrected chi connectivity index (χ4v) is 4.45. The number of halogens is 2. The molecule has 0 saturated heterocycles. The van der Waals surface area contributed by atoms with Crippen LogP contribution in [0.2, 0.25) is 0 Å². The zero-order chi connectivity index (χ0) is 21.3. The smallest absolute Gasteiger partial charge is 0.267 e. The van der Waals surface area contributed by atoms with Gasteiger partial charge < -0.3 is 31.3 Å². The van der Waals surface area contributed by atoms with Crippen molar-refractivity contribution < 1.29 is 9.59 Å². The van der Waals surface area contributed by atoms with Crippen LogP contribution in [0.4, 0.5) is 5.95 Å². The van der Waals surface area contributed by atoms with Crippen molar-refractivity contribution >= 4 is 49.6 Å². The van der Waals surface area contributed by atoms with Crippen molar-refractivity contribution in [3.05, 3.63) is 56.2 Å². The molecule has 0 bridgehead atoms. The zero-order valence-electron chi connectivity index (χ0n) is 15.9. The van der Waals surface area contributed by atoms with Crippen LogP contribution in [0.3, 0.4) is 0 Å². The summed E-state index contributed by atoms with van der Waals surface area (Å²) >= 11 is 6.67. The zero-order valence-corrected chi connectivity index (χ0v) is 19.1. The van der Waals surface area contributed by atoms with Crippen molar-refractivity contribution in [1.82, 2.24) is 30.6 Å². The molecule has 1 aliphatic carbocycles. The average molecular weight is 539 g/mol. The highest BCUT2D eigenvalue weighted by Crippen LogP contribution is 2.29. The Morgan fingerprint density at radius 1 is 1.00 bits per heavy atom. The second-order valence-electron chi connectivity index (χ2n) is 7.36. The van der Waals surface area contributed by atoms with Gasteiger partial charge in [-0.25, -0.2) is 4.98 Å². The van der Waals surface area contributed by atoms with Crippen LogP contribution in [0.1, 0.15) is 32.4 Å². The standard InChI is InChI=1S/C19H21Br2N7O2/c20-11-3-15(23-7-11)17(29)25-5-9-1-13-14(28-19(22)27-13)2-10(9)6-26-18(30)16-4-12(21)8-24-16/h3-4,7-10,23-24H,1-2,5-6H2,(H,25,29)(H,26,30)(H3,22,27,28)/t9-,10-/m1/s1. The molecular formula is C19H21Br2N7O2. The third-order valence-electron chi connectivity index (χ3n) is 5.31. The van der Waals surface area contributed by atoms with Gasteiger partial charge in [0.2, 0.25) is 0 Å². The monoisotopic (exact) mass is 537 g/mol. The number of hydrogen-bond acceptors (Lipinski definition) is 4. The SMILES string of the molecule is Nc1nc2c([nH]1)C[C@H](CNC(=O)c1cc(Br)c[nH]1)[C@@H](CNC(=O)c1cc(Br)c[nH]1)C2. The molecule has 158 valence electrons. The minimum Gasteiger partial charge on any atom is -0.369 e. The Labute approximate surface area is 189 Å². The second-order valence-corrected chi connectivity index (χ2v) is 9.19. The Morgan fingerprint density at radius 2 is 1.53 bits per heavy atom. The first-order valence-corrected chi connectivity index (χ1v) is 11.0. The molecule has 0 aliphatic heterocycles. The fraction of sp³-hybridized carbons (Fsp3) is 0.316. The predicted octanol–water partition coefficient (Wildman–Crippen LogP) is 2.36. The summed E-state index contributed by atoms with van der Waals surface area (Å²) in [4.78, 5) is 38.2. The number of rotatable bonds is 6. The van der Waals surface area contributed by atoms with E-state index in [9.17, 15) is 9.59 Å². The number of nitrogen functional groups attached to an aromatic ring is 1. The summed E-state index contributed by atoms with van der Waals surface area (Å²) < 4.78 is 1.64. The van der Waals surface area contributed by atoms with E-state index in [1.165, 1.54) is 0 Å². The number of hydrogen-bond donors (Lipinski definition) is 6. The first-order chi connectivity index (χ1) is 14.4. The van der Waals surface area contributed by atoms with Crippen molar-refractivity contribution in [2.45, 2.75) is 12.8 Å². The number of nitrogens with two attached hydrogens (primary N) is 1. The molecule has 0 aromatic carbocycles. The molecule has 2 atom stereocenters. The molecule has 0 radical (unpaired) electrons.